The van der Waals surface area contributed by atoms with Crippen molar-refractivity contribution in [3.63, 3.8) is 0 Å². The number of hydrogen-bond donors (Lipinski definition) is 0. The maximum atomic E-state index is 11.5. The van der Waals surface area contributed by atoms with Gasteiger partial charge in [-0.05, 0) is 61.0 Å². The number of fused-ring (bicyclic) bond motifs is 2. The average Bonchev–Trinajstić information content (AvgIpc) is 2.94. The van der Waals surface area contributed by atoms with Crippen LogP contribution in [-0.4, -0.2) is 18.7 Å². The van der Waals surface area contributed by atoms with Crippen LogP contribution in [0.25, 0.3) is 21.5 Å². The lowest BCUT2D eigenvalue weighted by atomic mass is 10.0. The van der Waals surface area contributed by atoms with Crippen LogP contribution in [0, 0.1) is 0 Å². The molecule has 0 saturated heterocycles. The summed E-state index contributed by atoms with van der Waals surface area (Å²) in [5, 5.41) is 5.02. The van der Waals surface area contributed by atoms with E-state index in [0.29, 0.717) is 6.42 Å². The molecule has 0 unspecified atom stereocenters. The second-order valence-corrected chi connectivity index (χ2v) is 11.8. The van der Waals surface area contributed by atoms with Gasteiger partial charge in [-0.2, -0.15) is 0 Å². The van der Waals surface area contributed by atoms with Gasteiger partial charge in [0, 0.05) is 11.8 Å². The van der Waals surface area contributed by atoms with Crippen molar-refractivity contribution in [2.45, 2.75) is 136 Å². The van der Waals surface area contributed by atoms with E-state index >= 15 is 0 Å². The predicted molar refractivity (Wildman–Crippen MR) is 171 cm³/mol. The van der Waals surface area contributed by atoms with Gasteiger partial charge in [-0.15, -0.1) is 0 Å². The maximum absolute atomic E-state index is 11.5. The Bertz CT molecular complexity index is 1100. The highest BCUT2D eigenvalue weighted by molar-refractivity contribution is 6.00. The Balaban J connectivity index is 1.08. The first-order valence-corrected chi connectivity index (χ1v) is 16.4. The number of carbonyl (C=O) groups excluding carboxylic acids is 1. The minimum atomic E-state index is -0.0391. The van der Waals surface area contributed by atoms with Crippen LogP contribution in [0.5, 0.6) is 5.75 Å². The third kappa shape index (κ3) is 12.7. The zero-order valence-electron chi connectivity index (χ0n) is 25.4. The van der Waals surface area contributed by atoms with Crippen molar-refractivity contribution in [1.29, 1.82) is 0 Å². The lowest BCUT2D eigenvalue weighted by Crippen LogP contribution is -2.10. The molecular weight excluding hydrogens is 492 g/mol. The lowest BCUT2D eigenvalue weighted by Gasteiger charge is -2.10. The van der Waals surface area contributed by atoms with Crippen LogP contribution in [0.15, 0.2) is 54.6 Å². The third-order valence-corrected chi connectivity index (χ3v) is 7.86. The standard InChI is InChI=1S/C37H54O3/c1-31(2)40-37(38)27-18-16-14-12-10-8-6-4-3-5-7-9-11-13-15-17-21-28-39-36-26-22-25-34-29-32-23-19-20-24-33(32)30-35(34)36/h19-20,22-26,29-31H,3-18,21,27-28H2,1-2H3. The van der Waals surface area contributed by atoms with Crippen LogP contribution in [0.2, 0.25) is 0 Å². The Morgan fingerprint density at radius 2 is 1.05 bits per heavy atom. The number of rotatable bonds is 22. The van der Waals surface area contributed by atoms with E-state index in [9.17, 15) is 4.79 Å². The van der Waals surface area contributed by atoms with E-state index in [1.165, 1.54) is 111 Å². The number of unbranched alkanes of at least 4 members (excludes halogenated alkanes) is 16. The van der Waals surface area contributed by atoms with E-state index in [2.05, 4.69) is 54.6 Å². The topological polar surface area (TPSA) is 35.5 Å². The molecule has 3 aromatic rings. The van der Waals surface area contributed by atoms with Crippen molar-refractivity contribution in [1.82, 2.24) is 0 Å². The van der Waals surface area contributed by atoms with Crippen molar-refractivity contribution in [2.75, 3.05) is 6.61 Å². The van der Waals surface area contributed by atoms with Gasteiger partial charge in [0.05, 0.1) is 12.7 Å². The highest BCUT2D eigenvalue weighted by Gasteiger charge is 2.05. The molecule has 0 amide bonds. The Kier molecular flexibility index (Phi) is 15.6. The summed E-state index contributed by atoms with van der Waals surface area (Å²) in [7, 11) is 0. The summed E-state index contributed by atoms with van der Waals surface area (Å²) in [6, 6.07) is 19.5. The van der Waals surface area contributed by atoms with E-state index in [1.54, 1.807) is 0 Å². The molecule has 0 heterocycles. The molecule has 0 fully saturated rings. The molecule has 0 aliphatic heterocycles. The first-order chi connectivity index (χ1) is 19.6. The minimum Gasteiger partial charge on any atom is -0.493 e. The quantitative estimate of drug-likeness (QED) is 0.0714. The number of esters is 1. The van der Waals surface area contributed by atoms with E-state index in [-0.39, 0.29) is 12.1 Å². The third-order valence-electron chi connectivity index (χ3n) is 7.86. The van der Waals surface area contributed by atoms with Gasteiger partial charge in [-0.25, -0.2) is 0 Å². The first kappa shape index (κ1) is 32.0. The summed E-state index contributed by atoms with van der Waals surface area (Å²) < 4.78 is 11.4. The molecule has 0 aromatic heterocycles. The number of hydrogen-bond acceptors (Lipinski definition) is 3. The average molecular weight is 547 g/mol. The van der Waals surface area contributed by atoms with Crippen LogP contribution in [-0.2, 0) is 9.53 Å². The Hall–Kier alpha value is -2.55. The summed E-state index contributed by atoms with van der Waals surface area (Å²) in [6.45, 7) is 4.63. The van der Waals surface area contributed by atoms with E-state index in [1.807, 2.05) is 13.8 Å². The molecule has 0 radical (unpaired) electrons. The minimum absolute atomic E-state index is 0.0126. The maximum Gasteiger partial charge on any atom is 0.306 e. The van der Waals surface area contributed by atoms with Crippen LogP contribution < -0.4 is 4.74 Å². The van der Waals surface area contributed by atoms with Crippen LogP contribution >= 0.6 is 0 Å². The fourth-order valence-corrected chi connectivity index (χ4v) is 5.59. The summed E-state index contributed by atoms with van der Waals surface area (Å²) in [4.78, 5) is 11.5. The zero-order chi connectivity index (χ0) is 28.3. The second kappa shape index (κ2) is 19.5. The lowest BCUT2D eigenvalue weighted by molar-refractivity contribution is -0.147. The molecule has 0 atom stereocenters. The fraction of sp³-hybridized carbons (Fsp3) is 0.595. The fourth-order valence-electron chi connectivity index (χ4n) is 5.59. The Morgan fingerprint density at radius 3 is 1.60 bits per heavy atom. The van der Waals surface area contributed by atoms with Crippen LogP contribution in [0.4, 0.5) is 0 Å². The molecule has 0 N–H and O–H groups in total. The Labute approximate surface area is 244 Å². The van der Waals surface area contributed by atoms with Crippen molar-refractivity contribution in [2.24, 2.45) is 0 Å². The van der Waals surface area contributed by atoms with E-state index in [4.69, 9.17) is 9.47 Å². The van der Waals surface area contributed by atoms with Gasteiger partial charge < -0.3 is 9.47 Å². The van der Waals surface area contributed by atoms with E-state index < -0.39 is 0 Å². The van der Waals surface area contributed by atoms with Crippen molar-refractivity contribution in [3.8, 4) is 5.75 Å². The number of benzene rings is 3. The molecule has 3 nitrogen and oxygen atoms in total. The molecule has 0 saturated carbocycles. The van der Waals surface area contributed by atoms with Gasteiger partial charge in [-0.3, -0.25) is 4.79 Å². The number of ether oxygens (including phenoxy) is 2. The summed E-state index contributed by atoms with van der Waals surface area (Å²) in [5.41, 5.74) is 0. The molecule has 40 heavy (non-hydrogen) atoms. The largest absolute Gasteiger partial charge is 0.493 e. The summed E-state index contributed by atoms with van der Waals surface area (Å²) in [5.74, 6) is 0.976. The predicted octanol–water partition coefficient (Wildman–Crippen LogP) is 11.3. The highest BCUT2D eigenvalue weighted by atomic mass is 16.5. The van der Waals surface area contributed by atoms with Gasteiger partial charge in [0.25, 0.3) is 0 Å². The monoisotopic (exact) mass is 546 g/mol. The SMILES string of the molecule is CC(C)OC(=O)CCCCCCCCCCCCCCCCCCCOc1cccc2cc3ccccc3cc12. The van der Waals surface area contributed by atoms with Gasteiger partial charge in [0.2, 0.25) is 0 Å². The normalized spacial score (nSPS) is 11.5. The molecule has 3 aromatic carbocycles. The van der Waals surface area contributed by atoms with Gasteiger partial charge in [-0.1, -0.05) is 133 Å². The highest BCUT2D eigenvalue weighted by Crippen LogP contribution is 2.30. The van der Waals surface area contributed by atoms with Gasteiger partial charge in [0.1, 0.15) is 5.75 Å². The van der Waals surface area contributed by atoms with Gasteiger partial charge >= 0.3 is 5.97 Å². The molecule has 220 valence electrons. The zero-order valence-corrected chi connectivity index (χ0v) is 25.4. The van der Waals surface area contributed by atoms with Crippen molar-refractivity contribution >= 4 is 27.5 Å². The van der Waals surface area contributed by atoms with Crippen molar-refractivity contribution in [3.05, 3.63) is 54.6 Å². The van der Waals surface area contributed by atoms with Crippen LogP contribution in [0.1, 0.15) is 129 Å². The molecule has 0 aliphatic carbocycles. The Morgan fingerprint density at radius 1 is 0.575 bits per heavy atom. The molecule has 0 spiro atoms. The summed E-state index contributed by atoms with van der Waals surface area (Å²) >= 11 is 0. The second-order valence-electron chi connectivity index (χ2n) is 11.8. The molecule has 0 bridgehead atoms. The van der Waals surface area contributed by atoms with Crippen LogP contribution in [0.3, 0.4) is 0 Å². The molecular formula is C37H54O3. The molecule has 0 aliphatic rings. The first-order valence-electron chi connectivity index (χ1n) is 16.4. The molecule has 3 rings (SSSR count). The molecule has 3 heteroatoms. The summed E-state index contributed by atoms with van der Waals surface area (Å²) in [6.07, 6.45) is 22.9. The number of carbonyl (C=O) groups is 1. The van der Waals surface area contributed by atoms with Gasteiger partial charge in [0.15, 0.2) is 0 Å². The smallest absolute Gasteiger partial charge is 0.306 e. The van der Waals surface area contributed by atoms with Crippen molar-refractivity contribution < 1.29 is 14.3 Å². The van der Waals surface area contributed by atoms with E-state index in [0.717, 1.165) is 31.6 Å².